The second-order valence-electron chi connectivity index (χ2n) is 4.48. The van der Waals surface area contributed by atoms with E-state index in [2.05, 4.69) is 9.71 Å². The smallest absolute Gasteiger partial charge is 0.242 e. The van der Waals surface area contributed by atoms with E-state index in [4.69, 9.17) is 10.5 Å². The van der Waals surface area contributed by atoms with Crippen molar-refractivity contribution in [2.45, 2.75) is 29.8 Å². The van der Waals surface area contributed by atoms with Gasteiger partial charge in [-0.15, -0.1) is 0 Å². The Morgan fingerprint density at radius 2 is 2.22 bits per heavy atom. The number of pyridine rings is 1. The number of nitrogens with zero attached hydrogens (tertiary/aromatic N) is 1. The first-order valence-corrected chi connectivity index (χ1v) is 7.22. The molecule has 1 aromatic rings. The van der Waals surface area contributed by atoms with Crippen LogP contribution in [0, 0.1) is 0 Å². The van der Waals surface area contributed by atoms with Crippen LogP contribution in [0.2, 0.25) is 0 Å². The predicted molar refractivity (Wildman–Crippen MR) is 67.4 cm³/mol. The monoisotopic (exact) mass is 271 g/mol. The molecule has 0 saturated heterocycles. The summed E-state index contributed by atoms with van der Waals surface area (Å²) >= 11 is 0. The van der Waals surface area contributed by atoms with Crippen LogP contribution in [0.4, 0.5) is 5.82 Å². The minimum atomic E-state index is -3.54. The maximum Gasteiger partial charge on any atom is 0.242 e. The molecule has 1 fully saturated rings. The molecule has 1 aliphatic rings. The van der Waals surface area contributed by atoms with Gasteiger partial charge in [-0.3, -0.25) is 0 Å². The van der Waals surface area contributed by atoms with E-state index in [0.717, 1.165) is 19.3 Å². The molecule has 1 aromatic heterocycles. The maximum atomic E-state index is 12.0. The van der Waals surface area contributed by atoms with Crippen molar-refractivity contribution in [3.63, 3.8) is 0 Å². The largest absolute Gasteiger partial charge is 0.384 e. The van der Waals surface area contributed by atoms with Gasteiger partial charge in [-0.05, 0) is 31.4 Å². The van der Waals surface area contributed by atoms with Crippen LogP contribution in [-0.4, -0.2) is 32.7 Å². The Morgan fingerprint density at radius 1 is 1.50 bits per heavy atom. The molecule has 0 unspecified atom stereocenters. The molecular weight excluding hydrogens is 254 g/mol. The quantitative estimate of drug-likeness (QED) is 0.813. The summed E-state index contributed by atoms with van der Waals surface area (Å²) in [5, 5.41) is 0. The SMILES string of the molecule is COC1(CNS(=O)(=O)c2ccc(N)nc2)CCC1. The lowest BCUT2D eigenvalue weighted by atomic mass is 9.80. The second kappa shape index (κ2) is 4.83. The number of nitrogens with two attached hydrogens (primary N) is 1. The molecule has 3 N–H and O–H groups in total. The lowest BCUT2D eigenvalue weighted by Gasteiger charge is -2.40. The zero-order chi connectivity index (χ0) is 13.2. The molecule has 18 heavy (non-hydrogen) atoms. The summed E-state index contributed by atoms with van der Waals surface area (Å²) in [6.45, 7) is 0.288. The van der Waals surface area contributed by atoms with Gasteiger partial charge in [-0.25, -0.2) is 18.1 Å². The number of anilines is 1. The van der Waals surface area contributed by atoms with Crippen molar-refractivity contribution in [2.75, 3.05) is 19.4 Å². The minimum Gasteiger partial charge on any atom is -0.384 e. The Bertz CT molecular complexity index is 503. The highest BCUT2D eigenvalue weighted by Crippen LogP contribution is 2.34. The third kappa shape index (κ3) is 2.63. The minimum absolute atomic E-state index is 0.113. The number of ether oxygens (including phenoxy) is 1. The van der Waals surface area contributed by atoms with Gasteiger partial charge in [0.15, 0.2) is 0 Å². The number of hydrogen-bond acceptors (Lipinski definition) is 5. The molecule has 0 bridgehead atoms. The second-order valence-corrected chi connectivity index (χ2v) is 6.25. The fraction of sp³-hybridized carbons (Fsp3) is 0.545. The van der Waals surface area contributed by atoms with Crippen molar-refractivity contribution in [3.8, 4) is 0 Å². The van der Waals surface area contributed by atoms with Gasteiger partial charge in [-0.2, -0.15) is 0 Å². The number of hydrogen-bond donors (Lipinski definition) is 2. The van der Waals surface area contributed by atoms with Crippen molar-refractivity contribution in [1.82, 2.24) is 9.71 Å². The van der Waals surface area contributed by atoms with E-state index in [1.807, 2.05) is 0 Å². The molecule has 2 rings (SSSR count). The fourth-order valence-corrected chi connectivity index (χ4v) is 2.94. The van der Waals surface area contributed by atoms with Crippen molar-refractivity contribution in [3.05, 3.63) is 18.3 Å². The highest BCUT2D eigenvalue weighted by molar-refractivity contribution is 7.89. The Labute approximate surface area is 107 Å². The van der Waals surface area contributed by atoms with Crippen LogP contribution in [-0.2, 0) is 14.8 Å². The van der Waals surface area contributed by atoms with Crippen LogP contribution in [0.5, 0.6) is 0 Å². The molecular formula is C11H17N3O3S. The van der Waals surface area contributed by atoms with E-state index in [-0.39, 0.29) is 17.0 Å². The van der Waals surface area contributed by atoms with Gasteiger partial charge in [-0.1, -0.05) is 0 Å². The predicted octanol–water partition coefficient (Wildman–Crippen LogP) is 0.511. The van der Waals surface area contributed by atoms with Crippen LogP contribution >= 0.6 is 0 Å². The summed E-state index contributed by atoms with van der Waals surface area (Å²) in [5.41, 5.74) is 5.08. The Morgan fingerprint density at radius 3 is 2.67 bits per heavy atom. The summed E-state index contributed by atoms with van der Waals surface area (Å²) in [6.07, 6.45) is 4.08. The molecule has 1 aliphatic carbocycles. The van der Waals surface area contributed by atoms with Crippen LogP contribution < -0.4 is 10.5 Å². The number of sulfonamides is 1. The van der Waals surface area contributed by atoms with Gasteiger partial charge >= 0.3 is 0 Å². The van der Waals surface area contributed by atoms with Gasteiger partial charge in [0.2, 0.25) is 10.0 Å². The molecule has 0 atom stereocenters. The van der Waals surface area contributed by atoms with Gasteiger partial charge in [0.1, 0.15) is 10.7 Å². The zero-order valence-electron chi connectivity index (χ0n) is 10.2. The fourth-order valence-electron chi connectivity index (χ4n) is 1.88. The lowest BCUT2D eigenvalue weighted by molar-refractivity contribution is -0.0659. The van der Waals surface area contributed by atoms with Crippen molar-refractivity contribution < 1.29 is 13.2 Å². The van der Waals surface area contributed by atoms with Crippen molar-refractivity contribution >= 4 is 15.8 Å². The summed E-state index contributed by atoms with van der Waals surface area (Å²) in [4.78, 5) is 3.88. The van der Waals surface area contributed by atoms with E-state index >= 15 is 0 Å². The Hall–Kier alpha value is -1.18. The van der Waals surface area contributed by atoms with Crippen molar-refractivity contribution in [1.29, 1.82) is 0 Å². The third-order valence-corrected chi connectivity index (χ3v) is 4.74. The number of rotatable bonds is 5. The summed E-state index contributed by atoms with van der Waals surface area (Å²) in [7, 11) is -1.94. The molecule has 100 valence electrons. The first kappa shape index (κ1) is 13.3. The van der Waals surface area contributed by atoms with Crippen LogP contribution in [0.1, 0.15) is 19.3 Å². The molecule has 7 heteroatoms. The number of nitrogen functional groups attached to an aromatic ring is 1. The highest BCUT2D eigenvalue weighted by Gasteiger charge is 2.38. The van der Waals surface area contributed by atoms with E-state index in [1.165, 1.54) is 18.3 Å². The lowest BCUT2D eigenvalue weighted by Crippen LogP contribution is -2.49. The van der Waals surface area contributed by atoms with Crippen LogP contribution in [0.3, 0.4) is 0 Å². The van der Waals surface area contributed by atoms with E-state index < -0.39 is 10.0 Å². The van der Waals surface area contributed by atoms with E-state index in [1.54, 1.807) is 7.11 Å². The summed E-state index contributed by atoms with van der Waals surface area (Å²) in [5.74, 6) is 0.293. The molecule has 0 spiro atoms. The average molecular weight is 271 g/mol. The maximum absolute atomic E-state index is 12.0. The Kier molecular flexibility index (Phi) is 3.56. The number of methoxy groups -OCH3 is 1. The molecule has 1 saturated carbocycles. The molecule has 1 heterocycles. The number of nitrogens with one attached hydrogen (secondary N) is 1. The third-order valence-electron chi connectivity index (χ3n) is 3.35. The topological polar surface area (TPSA) is 94.3 Å². The van der Waals surface area contributed by atoms with Gasteiger partial charge in [0.25, 0.3) is 0 Å². The molecule has 0 aromatic carbocycles. The molecule has 6 nitrogen and oxygen atoms in total. The molecule has 0 amide bonds. The highest BCUT2D eigenvalue weighted by atomic mass is 32.2. The first-order chi connectivity index (χ1) is 8.47. The molecule has 0 radical (unpaired) electrons. The normalized spacial score (nSPS) is 18.3. The standard InChI is InChI=1S/C11H17N3O3S/c1-17-11(5-2-6-11)8-14-18(15,16)9-3-4-10(12)13-7-9/h3-4,7,14H,2,5-6,8H2,1H3,(H2,12,13). The Balaban J connectivity index is 2.05. The van der Waals surface area contributed by atoms with Gasteiger partial charge in [0.05, 0.1) is 5.60 Å². The number of aromatic nitrogens is 1. The van der Waals surface area contributed by atoms with Crippen molar-refractivity contribution in [2.24, 2.45) is 0 Å². The summed E-state index contributed by atoms with van der Waals surface area (Å²) < 4.78 is 31.9. The average Bonchev–Trinajstić information content (AvgIpc) is 2.29. The first-order valence-electron chi connectivity index (χ1n) is 5.74. The summed E-state index contributed by atoms with van der Waals surface area (Å²) in [6, 6.07) is 2.90. The van der Waals surface area contributed by atoms with Crippen LogP contribution in [0.15, 0.2) is 23.2 Å². The van der Waals surface area contributed by atoms with Gasteiger partial charge < -0.3 is 10.5 Å². The molecule has 0 aliphatic heterocycles. The van der Waals surface area contributed by atoms with E-state index in [0.29, 0.717) is 5.82 Å². The van der Waals surface area contributed by atoms with E-state index in [9.17, 15) is 8.42 Å². The van der Waals surface area contributed by atoms with Gasteiger partial charge in [0, 0.05) is 19.9 Å². The van der Waals surface area contributed by atoms with Crippen LogP contribution in [0.25, 0.3) is 0 Å². The zero-order valence-corrected chi connectivity index (χ0v) is 11.0.